The molecule has 2 aromatic heterocycles. The van der Waals surface area contributed by atoms with Gasteiger partial charge in [-0.3, -0.25) is 14.2 Å². The maximum Gasteiger partial charge on any atom is 0.255 e. The van der Waals surface area contributed by atoms with E-state index < -0.39 is 0 Å². The molecule has 2 aliphatic heterocycles. The lowest BCUT2D eigenvalue weighted by Crippen LogP contribution is -2.46. The molecule has 0 spiro atoms. The minimum Gasteiger partial charge on any atom is -0.354 e. The molecule has 30 heavy (non-hydrogen) atoms. The SMILES string of the molecule is Cl.Cl.O=C(NCC1CCCN(C(=O)c2ccc(-n3ccnc3)nc2)C1)C1CCCN1. The fourth-order valence-electron chi connectivity index (χ4n) is 3.94. The van der Waals surface area contributed by atoms with Crippen molar-refractivity contribution in [3.05, 3.63) is 42.6 Å². The lowest BCUT2D eigenvalue weighted by Gasteiger charge is -2.33. The van der Waals surface area contributed by atoms with Crippen LogP contribution in [0.25, 0.3) is 5.82 Å². The summed E-state index contributed by atoms with van der Waals surface area (Å²) >= 11 is 0. The maximum atomic E-state index is 12.9. The first-order chi connectivity index (χ1) is 13.7. The van der Waals surface area contributed by atoms with Gasteiger partial charge in [-0.05, 0) is 50.3 Å². The summed E-state index contributed by atoms with van der Waals surface area (Å²) in [4.78, 5) is 35.3. The molecule has 2 fully saturated rings. The molecule has 4 rings (SSSR count). The number of imidazole rings is 1. The topological polar surface area (TPSA) is 92.2 Å². The van der Waals surface area contributed by atoms with Crippen LogP contribution < -0.4 is 10.6 Å². The van der Waals surface area contributed by atoms with Crippen LogP contribution in [0.5, 0.6) is 0 Å². The summed E-state index contributed by atoms with van der Waals surface area (Å²) in [6.45, 7) is 2.95. The Morgan fingerprint density at radius 2 is 2.07 bits per heavy atom. The summed E-state index contributed by atoms with van der Waals surface area (Å²) in [6.07, 6.45) is 10.7. The van der Waals surface area contributed by atoms with Gasteiger partial charge in [0.1, 0.15) is 12.1 Å². The maximum absolute atomic E-state index is 12.9. The quantitative estimate of drug-likeness (QED) is 0.718. The fourth-order valence-corrected chi connectivity index (χ4v) is 3.94. The molecule has 4 heterocycles. The first-order valence-electron chi connectivity index (χ1n) is 9.95. The molecule has 164 valence electrons. The molecular weight excluding hydrogens is 427 g/mol. The lowest BCUT2D eigenvalue weighted by molar-refractivity contribution is -0.123. The molecule has 2 N–H and O–H groups in total. The summed E-state index contributed by atoms with van der Waals surface area (Å²) < 4.78 is 1.80. The number of rotatable bonds is 5. The first kappa shape index (κ1) is 24.1. The number of halogens is 2. The van der Waals surface area contributed by atoms with Gasteiger partial charge in [0, 0.05) is 38.2 Å². The molecule has 2 amide bonds. The van der Waals surface area contributed by atoms with Gasteiger partial charge in [0.25, 0.3) is 5.91 Å². The van der Waals surface area contributed by atoms with Crippen molar-refractivity contribution < 1.29 is 9.59 Å². The highest BCUT2D eigenvalue weighted by Crippen LogP contribution is 2.19. The Labute approximate surface area is 188 Å². The van der Waals surface area contributed by atoms with Gasteiger partial charge in [-0.1, -0.05) is 0 Å². The minimum absolute atomic E-state index is 0. The third kappa shape index (κ3) is 5.71. The van der Waals surface area contributed by atoms with E-state index in [-0.39, 0.29) is 42.7 Å². The molecule has 0 bridgehead atoms. The van der Waals surface area contributed by atoms with Gasteiger partial charge in [-0.15, -0.1) is 24.8 Å². The van der Waals surface area contributed by atoms with Crippen LogP contribution in [-0.2, 0) is 4.79 Å². The van der Waals surface area contributed by atoms with Gasteiger partial charge in [0.2, 0.25) is 5.91 Å². The molecule has 2 atom stereocenters. The molecule has 0 aliphatic carbocycles. The zero-order valence-electron chi connectivity index (χ0n) is 16.7. The normalized spacial score (nSPS) is 20.7. The lowest BCUT2D eigenvalue weighted by atomic mass is 9.97. The molecule has 2 aromatic rings. The molecular formula is C20H28Cl2N6O2. The van der Waals surface area contributed by atoms with Crippen LogP contribution in [0.1, 0.15) is 36.0 Å². The van der Waals surface area contributed by atoms with Crippen LogP contribution in [0.15, 0.2) is 37.1 Å². The van der Waals surface area contributed by atoms with Gasteiger partial charge in [0.05, 0.1) is 11.6 Å². The van der Waals surface area contributed by atoms with Crippen molar-refractivity contribution in [3.8, 4) is 5.82 Å². The molecule has 2 aliphatic rings. The second-order valence-corrected chi connectivity index (χ2v) is 7.53. The highest BCUT2D eigenvalue weighted by atomic mass is 35.5. The van der Waals surface area contributed by atoms with Crippen LogP contribution in [0.2, 0.25) is 0 Å². The second-order valence-electron chi connectivity index (χ2n) is 7.53. The first-order valence-corrected chi connectivity index (χ1v) is 9.95. The fraction of sp³-hybridized carbons (Fsp3) is 0.500. The number of aromatic nitrogens is 3. The number of amides is 2. The standard InChI is InChI=1S/C20H26N6O2.2ClH/c27-19(17-4-1-7-22-17)24-11-15-3-2-9-25(13-15)20(28)16-5-6-18(23-12-16)26-10-8-21-14-26;;/h5-6,8,10,12,14-15,17,22H,1-4,7,9,11,13H2,(H,24,27);2*1H. The Morgan fingerprint density at radius 3 is 2.73 bits per heavy atom. The number of hydrogen-bond donors (Lipinski definition) is 2. The average Bonchev–Trinajstić information content (AvgIpc) is 3.46. The van der Waals surface area contributed by atoms with E-state index in [9.17, 15) is 9.59 Å². The van der Waals surface area contributed by atoms with Crippen LogP contribution in [0, 0.1) is 5.92 Å². The van der Waals surface area contributed by atoms with Gasteiger partial charge in [-0.2, -0.15) is 0 Å². The van der Waals surface area contributed by atoms with E-state index in [1.807, 2.05) is 23.2 Å². The minimum atomic E-state index is -0.0542. The van der Waals surface area contributed by atoms with Crippen LogP contribution in [-0.4, -0.2) is 63.5 Å². The number of nitrogens with zero attached hydrogens (tertiary/aromatic N) is 4. The molecule has 8 nitrogen and oxygen atoms in total. The van der Waals surface area contributed by atoms with Crippen molar-refractivity contribution >= 4 is 36.6 Å². The van der Waals surface area contributed by atoms with Crippen molar-refractivity contribution in [1.82, 2.24) is 30.1 Å². The summed E-state index contributed by atoms with van der Waals surface area (Å²) in [5.41, 5.74) is 0.587. The Hall–Kier alpha value is -2.16. The molecule has 0 aromatic carbocycles. The largest absolute Gasteiger partial charge is 0.354 e. The van der Waals surface area contributed by atoms with E-state index in [0.717, 1.165) is 44.6 Å². The summed E-state index contributed by atoms with van der Waals surface area (Å²) in [5.74, 6) is 1.11. The van der Waals surface area contributed by atoms with Gasteiger partial charge in [0.15, 0.2) is 0 Å². The predicted octanol–water partition coefficient (Wildman–Crippen LogP) is 1.83. The van der Waals surface area contributed by atoms with Gasteiger partial charge in [-0.25, -0.2) is 9.97 Å². The van der Waals surface area contributed by atoms with E-state index in [0.29, 0.717) is 24.6 Å². The second kappa shape index (κ2) is 11.3. The summed E-state index contributed by atoms with van der Waals surface area (Å²) in [5, 5.41) is 6.27. The Bertz CT molecular complexity index is 809. The van der Waals surface area contributed by atoms with E-state index in [1.54, 1.807) is 23.3 Å². The van der Waals surface area contributed by atoms with Crippen LogP contribution in [0.3, 0.4) is 0 Å². The van der Waals surface area contributed by atoms with Crippen molar-refractivity contribution in [1.29, 1.82) is 0 Å². The number of likely N-dealkylation sites (tertiary alicyclic amines) is 1. The predicted molar refractivity (Wildman–Crippen MR) is 119 cm³/mol. The monoisotopic (exact) mass is 454 g/mol. The van der Waals surface area contributed by atoms with E-state index in [4.69, 9.17) is 0 Å². The average molecular weight is 455 g/mol. The number of pyridine rings is 1. The van der Waals surface area contributed by atoms with Crippen molar-refractivity contribution in [3.63, 3.8) is 0 Å². The number of carbonyl (C=O) groups excluding carboxylic acids is 2. The molecule has 0 saturated carbocycles. The zero-order chi connectivity index (χ0) is 19.3. The third-order valence-corrected chi connectivity index (χ3v) is 5.51. The van der Waals surface area contributed by atoms with E-state index in [1.165, 1.54) is 0 Å². The number of piperidine rings is 1. The molecule has 2 unspecified atom stereocenters. The highest BCUT2D eigenvalue weighted by Gasteiger charge is 2.27. The van der Waals surface area contributed by atoms with E-state index in [2.05, 4.69) is 20.6 Å². The third-order valence-electron chi connectivity index (χ3n) is 5.51. The number of carbonyl (C=O) groups is 2. The Morgan fingerprint density at radius 1 is 1.20 bits per heavy atom. The summed E-state index contributed by atoms with van der Waals surface area (Å²) in [6, 6.07) is 3.58. The summed E-state index contributed by atoms with van der Waals surface area (Å²) in [7, 11) is 0. The van der Waals surface area contributed by atoms with E-state index >= 15 is 0 Å². The van der Waals surface area contributed by atoms with Crippen molar-refractivity contribution in [2.24, 2.45) is 5.92 Å². The van der Waals surface area contributed by atoms with Gasteiger partial charge >= 0.3 is 0 Å². The van der Waals surface area contributed by atoms with Crippen LogP contribution >= 0.6 is 24.8 Å². The molecule has 2 saturated heterocycles. The Kier molecular flexibility index (Phi) is 9.08. The highest BCUT2D eigenvalue weighted by molar-refractivity contribution is 5.94. The molecule has 0 radical (unpaired) electrons. The van der Waals surface area contributed by atoms with Crippen LogP contribution in [0.4, 0.5) is 0 Å². The number of hydrogen-bond acceptors (Lipinski definition) is 5. The van der Waals surface area contributed by atoms with Gasteiger partial charge < -0.3 is 15.5 Å². The Balaban J connectivity index is 0.00000160. The number of nitrogens with one attached hydrogen (secondary N) is 2. The zero-order valence-corrected chi connectivity index (χ0v) is 18.3. The van der Waals surface area contributed by atoms with Crippen molar-refractivity contribution in [2.75, 3.05) is 26.2 Å². The molecule has 10 heteroatoms. The van der Waals surface area contributed by atoms with Crippen molar-refractivity contribution in [2.45, 2.75) is 31.7 Å². The smallest absolute Gasteiger partial charge is 0.255 e.